The summed E-state index contributed by atoms with van der Waals surface area (Å²) in [5.41, 5.74) is 12.4. The van der Waals surface area contributed by atoms with E-state index < -0.39 is 6.42 Å². The van der Waals surface area contributed by atoms with Gasteiger partial charge in [-0.05, 0) is 50.9 Å². The summed E-state index contributed by atoms with van der Waals surface area (Å²) in [4.78, 5) is 0. The molecule has 0 amide bonds. The molecule has 2 nitrogen and oxygen atoms in total. The van der Waals surface area contributed by atoms with Gasteiger partial charge in [-0.3, -0.25) is 0 Å². The summed E-state index contributed by atoms with van der Waals surface area (Å²) in [5.74, 6) is 0. The molecule has 0 bridgehead atoms. The Morgan fingerprint density at radius 3 is 1.85 bits per heavy atom. The molecular weight excluding hydrogens is 607 g/mol. The Morgan fingerprint density at radius 2 is 1.28 bits per heavy atom. The van der Waals surface area contributed by atoms with Crippen LogP contribution in [0.25, 0.3) is 5.57 Å². The van der Waals surface area contributed by atoms with E-state index in [9.17, 15) is 0 Å². The summed E-state index contributed by atoms with van der Waals surface area (Å²) in [5, 5.41) is 0. The smallest absolute Gasteiger partial charge is 0.434 e. The number of hydrogen-bond acceptors (Lipinski definition) is 0. The molecule has 2 aromatic carbocycles. The number of allylic oxidation sites excluding steroid dienone is 3. The number of halogens is 2. The van der Waals surface area contributed by atoms with E-state index in [4.69, 9.17) is 0 Å². The normalized spacial score (nSPS) is 16.0. The van der Waals surface area contributed by atoms with Crippen molar-refractivity contribution in [2.45, 2.75) is 86.0 Å². The van der Waals surface area contributed by atoms with Crippen LogP contribution in [0, 0.1) is 13.8 Å². The zero-order chi connectivity index (χ0) is 27.7. The molecule has 3 aromatic rings. The lowest BCUT2D eigenvalue weighted by molar-refractivity contribution is -0.330. The molecule has 0 aliphatic carbocycles. The second kappa shape index (κ2) is 11.8. The van der Waals surface area contributed by atoms with Crippen molar-refractivity contribution in [3.8, 4) is 0 Å². The molecule has 0 N–H and O–H groups in total. The van der Waals surface area contributed by atoms with Crippen LogP contribution in [-0.2, 0) is 0 Å². The zero-order valence-electron chi connectivity index (χ0n) is 24.2. The summed E-state index contributed by atoms with van der Waals surface area (Å²) in [7, 11) is 0. The fourth-order valence-electron chi connectivity index (χ4n) is 7.34. The van der Waals surface area contributed by atoms with Crippen molar-refractivity contribution in [3.05, 3.63) is 97.8 Å². The van der Waals surface area contributed by atoms with Gasteiger partial charge >= 0.3 is 6.42 Å². The van der Waals surface area contributed by atoms with Gasteiger partial charge in [0.1, 0.15) is 5.71 Å². The van der Waals surface area contributed by atoms with Crippen molar-refractivity contribution in [1.29, 1.82) is 0 Å². The molecule has 2 aliphatic rings. The Bertz CT molecular complexity index is 1410. The van der Waals surface area contributed by atoms with Gasteiger partial charge in [-0.25, -0.2) is 0 Å². The number of aryl methyl sites for hydroxylation is 2. The lowest BCUT2D eigenvalue weighted by atomic mass is 9.35. The minimum Gasteiger partial charge on any atom is -0.450 e. The monoisotopic (exact) mass is 646 g/mol. The van der Waals surface area contributed by atoms with Gasteiger partial charge in [0.2, 0.25) is 0 Å². The lowest BCUT2D eigenvalue weighted by Crippen LogP contribution is -2.73. The zero-order valence-corrected chi connectivity index (χ0v) is 27.3. The van der Waals surface area contributed by atoms with E-state index >= 15 is 0 Å². The third-order valence-corrected chi connectivity index (χ3v) is 9.92. The standard InChI is InChI=1S/C34H41BBr2N2/c1-6-7-8-9-10-11-12-13-32-33-24(2)22-26(4)38(33)35(28-14-18-30(36)19-15-28,29-16-20-31(37)21-17-29)39-27(5)23-25(3)34(32)39/h14-23H,6-13H2,1-5H3. The number of hydrogen-bond donors (Lipinski definition) is 0. The number of benzene rings is 2. The molecule has 1 aromatic heterocycles. The molecule has 204 valence electrons. The predicted molar refractivity (Wildman–Crippen MR) is 177 cm³/mol. The first-order valence-electron chi connectivity index (χ1n) is 14.7. The SMILES string of the molecule is CCCCCCCCCC1=C2C(C)=CC(C)=[N+]2[B-](c2ccc(Br)cc2)(c2ccc(Br)cc2)n2c(C)cc(C)c21. The molecule has 0 unspecified atom stereocenters. The van der Waals surface area contributed by atoms with Crippen LogP contribution in [0.4, 0.5) is 0 Å². The largest absolute Gasteiger partial charge is 0.450 e. The fraction of sp³-hybridized carbons (Fsp3) is 0.382. The van der Waals surface area contributed by atoms with Gasteiger partial charge in [0.25, 0.3) is 0 Å². The van der Waals surface area contributed by atoms with E-state index in [1.54, 1.807) is 0 Å². The first kappa shape index (κ1) is 28.4. The van der Waals surface area contributed by atoms with Crippen LogP contribution >= 0.6 is 31.9 Å². The van der Waals surface area contributed by atoms with E-state index in [0.717, 1.165) is 15.4 Å². The van der Waals surface area contributed by atoms with Crippen molar-refractivity contribution < 1.29 is 4.49 Å². The Hall–Kier alpha value is -2.11. The van der Waals surface area contributed by atoms with Crippen LogP contribution in [0.2, 0.25) is 0 Å². The summed E-state index contributed by atoms with van der Waals surface area (Å²) in [6, 6.07) is 20.5. The Kier molecular flexibility index (Phi) is 8.59. The fourth-order valence-corrected chi connectivity index (χ4v) is 7.87. The molecule has 5 rings (SSSR count). The number of nitrogens with zero attached hydrogens (tertiary/aromatic N) is 2. The molecule has 0 saturated heterocycles. The van der Waals surface area contributed by atoms with Gasteiger partial charge in [-0.1, -0.05) is 126 Å². The molecular formula is C34H41BBr2N2. The van der Waals surface area contributed by atoms with Crippen molar-refractivity contribution in [1.82, 2.24) is 4.48 Å². The highest BCUT2D eigenvalue weighted by molar-refractivity contribution is 9.10. The van der Waals surface area contributed by atoms with Crippen molar-refractivity contribution in [2.24, 2.45) is 0 Å². The maximum atomic E-state index is 3.70. The number of unbranched alkanes of at least 4 members (excludes halogenated alkanes) is 6. The molecule has 3 heterocycles. The molecule has 39 heavy (non-hydrogen) atoms. The Labute approximate surface area is 252 Å². The number of rotatable bonds is 10. The van der Waals surface area contributed by atoms with Crippen molar-refractivity contribution >= 4 is 60.5 Å². The molecule has 2 aliphatic heterocycles. The van der Waals surface area contributed by atoms with Gasteiger partial charge in [-0.2, -0.15) is 0 Å². The van der Waals surface area contributed by atoms with Gasteiger partial charge in [-0.15, -0.1) is 10.9 Å². The predicted octanol–water partition coefficient (Wildman–Crippen LogP) is 9.03. The highest BCUT2D eigenvalue weighted by Gasteiger charge is 2.53. The minimum absolute atomic E-state index is 1.11. The molecule has 0 radical (unpaired) electrons. The van der Waals surface area contributed by atoms with Crippen molar-refractivity contribution in [2.75, 3.05) is 0 Å². The molecule has 5 heteroatoms. The van der Waals surface area contributed by atoms with Crippen LogP contribution in [0.15, 0.2) is 80.9 Å². The van der Waals surface area contributed by atoms with Crippen LogP contribution in [-0.4, -0.2) is 21.1 Å². The van der Waals surface area contributed by atoms with E-state index in [0.29, 0.717) is 0 Å². The number of aromatic nitrogens is 1. The average molecular weight is 648 g/mol. The third-order valence-electron chi connectivity index (χ3n) is 8.86. The Balaban J connectivity index is 1.73. The summed E-state index contributed by atoms with van der Waals surface area (Å²) < 4.78 is 7.63. The second-order valence-electron chi connectivity index (χ2n) is 11.6. The summed E-state index contributed by atoms with van der Waals surface area (Å²) >= 11 is 7.40. The van der Waals surface area contributed by atoms with Crippen molar-refractivity contribution in [3.63, 3.8) is 0 Å². The van der Waals surface area contributed by atoms with E-state index in [2.05, 4.69) is 136 Å². The second-order valence-corrected chi connectivity index (χ2v) is 13.4. The molecule has 0 saturated carbocycles. The average Bonchev–Trinajstić information content (AvgIpc) is 3.39. The minimum atomic E-state index is -1.51. The first-order chi connectivity index (χ1) is 18.8. The first-order valence-corrected chi connectivity index (χ1v) is 16.3. The van der Waals surface area contributed by atoms with Crippen LogP contribution in [0.3, 0.4) is 0 Å². The van der Waals surface area contributed by atoms with Gasteiger partial charge < -0.3 is 8.96 Å². The van der Waals surface area contributed by atoms with E-state index in [1.807, 2.05) is 0 Å². The van der Waals surface area contributed by atoms with Gasteiger partial charge in [0, 0.05) is 38.8 Å². The summed E-state index contributed by atoms with van der Waals surface area (Å²) in [6.07, 6.45) is 11.3. The quantitative estimate of drug-likeness (QED) is 0.153. The topological polar surface area (TPSA) is 7.94 Å². The summed E-state index contributed by atoms with van der Waals surface area (Å²) in [6.45, 7) is 11.5. The van der Waals surface area contributed by atoms with Gasteiger partial charge in [0.15, 0.2) is 5.70 Å². The molecule has 0 atom stereocenters. The van der Waals surface area contributed by atoms with E-state index in [1.165, 1.54) is 95.4 Å². The maximum Gasteiger partial charge on any atom is 0.434 e. The van der Waals surface area contributed by atoms with Gasteiger partial charge in [0.05, 0.1) is 0 Å². The third kappa shape index (κ3) is 4.99. The maximum absolute atomic E-state index is 3.70. The van der Waals surface area contributed by atoms with E-state index in [-0.39, 0.29) is 0 Å². The molecule has 0 spiro atoms. The van der Waals surface area contributed by atoms with Crippen LogP contribution < -0.4 is 10.9 Å². The number of fused-ring (bicyclic) bond motifs is 2. The van der Waals surface area contributed by atoms with Crippen LogP contribution in [0.1, 0.15) is 89.1 Å². The Morgan fingerprint density at radius 1 is 0.744 bits per heavy atom. The highest BCUT2D eigenvalue weighted by atomic mass is 79.9. The molecule has 0 fully saturated rings. The van der Waals surface area contributed by atoms with Crippen LogP contribution in [0.5, 0.6) is 0 Å². The highest BCUT2D eigenvalue weighted by Crippen LogP contribution is 2.42. The lowest BCUT2D eigenvalue weighted by Gasteiger charge is -2.46.